The number of hydrogen-bond acceptors (Lipinski definition) is 5. The van der Waals surface area contributed by atoms with Gasteiger partial charge in [0.1, 0.15) is 12.6 Å². The second kappa shape index (κ2) is 7.18. The zero-order valence-electron chi connectivity index (χ0n) is 15.8. The molecular formula is C18H22N6O3. The van der Waals surface area contributed by atoms with Crippen LogP contribution in [0, 0.1) is 6.92 Å². The molecule has 2 heterocycles. The molecule has 1 aromatic carbocycles. The van der Waals surface area contributed by atoms with E-state index in [1.165, 1.54) is 15.8 Å². The number of rotatable bonds is 5. The van der Waals surface area contributed by atoms with E-state index in [2.05, 4.69) is 15.6 Å². The second-order valence-electron chi connectivity index (χ2n) is 6.64. The molecule has 9 nitrogen and oxygen atoms in total. The lowest BCUT2D eigenvalue weighted by molar-refractivity contribution is -0.129. The van der Waals surface area contributed by atoms with Crippen LogP contribution >= 0.6 is 0 Å². The molecule has 142 valence electrons. The van der Waals surface area contributed by atoms with Crippen LogP contribution in [-0.4, -0.2) is 58.3 Å². The van der Waals surface area contributed by atoms with Gasteiger partial charge in [-0.25, -0.2) is 4.68 Å². The van der Waals surface area contributed by atoms with Gasteiger partial charge < -0.3 is 15.1 Å². The summed E-state index contributed by atoms with van der Waals surface area (Å²) in [5, 5.41) is 10.4. The van der Waals surface area contributed by atoms with Crippen LogP contribution in [0.1, 0.15) is 34.6 Å². The first-order valence-electron chi connectivity index (χ1n) is 8.65. The van der Waals surface area contributed by atoms with Gasteiger partial charge in [0, 0.05) is 31.9 Å². The Labute approximate surface area is 156 Å². The molecule has 1 aliphatic heterocycles. The van der Waals surface area contributed by atoms with Crippen LogP contribution in [0.2, 0.25) is 0 Å². The fourth-order valence-electron chi connectivity index (χ4n) is 2.99. The van der Waals surface area contributed by atoms with Gasteiger partial charge in [0.25, 0.3) is 11.8 Å². The van der Waals surface area contributed by atoms with Crippen LogP contribution in [0.4, 0.5) is 5.69 Å². The molecule has 3 rings (SSSR count). The molecule has 0 aliphatic carbocycles. The van der Waals surface area contributed by atoms with Gasteiger partial charge in [-0.2, -0.15) is 0 Å². The largest absolute Gasteiger partial charge is 0.347 e. The number of aryl methyl sites for hydroxylation is 1. The molecule has 0 radical (unpaired) electrons. The Kier molecular flexibility index (Phi) is 4.93. The van der Waals surface area contributed by atoms with Gasteiger partial charge in [0.2, 0.25) is 5.91 Å². The van der Waals surface area contributed by atoms with Crippen molar-refractivity contribution in [2.75, 3.05) is 25.5 Å². The summed E-state index contributed by atoms with van der Waals surface area (Å²) in [5.74, 6) is -0.857. The van der Waals surface area contributed by atoms with Crippen molar-refractivity contribution in [1.82, 2.24) is 25.2 Å². The van der Waals surface area contributed by atoms with E-state index in [9.17, 15) is 14.4 Å². The molecule has 0 bridgehead atoms. The third kappa shape index (κ3) is 3.53. The summed E-state index contributed by atoms with van der Waals surface area (Å²) in [5.41, 5.74) is 2.63. The van der Waals surface area contributed by atoms with E-state index in [0.717, 1.165) is 16.8 Å². The number of carbonyl (C=O) groups is 3. The Morgan fingerprint density at radius 2 is 2.04 bits per heavy atom. The van der Waals surface area contributed by atoms with Gasteiger partial charge in [0.05, 0.1) is 6.20 Å². The van der Waals surface area contributed by atoms with Crippen molar-refractivity contribution < 1.29 is 14.4 Å². The molecule has 3 amide bonds. The van der Waals surface area contributed by atoms with Gasteiger partial charge in [-0.1, -0.05) is 22.9 Å². The average molecular weight is 370 g/mol. The minimum atomic E-state index is -0.763. The molecule has 1 aliphatic rings. The van der Waals surface area contributed by atoms with E-state index in [-0.39, 0.29) is 24.1 Å². The molecule has 9 heteroatoms. The topological polar surface area (TPSA) is 100 Å². The number of likely N-dealkylation sites (N-methyl/N-ethyl adjacent to an activating group) is 2. The van der Waals surface area contributed by atoms with Gasteiger partial charge in [-0.3, -0.25) is 14.4 Å². The highest BCUT2D eigenvalue weighted by molar-refractivity contribution is 6.07. The lowest BCUT2D eigenvalue weighted by Gasteiger charge is -2.15. The molecule has 1 aromatic heterocycles. The molecule has 1 atom stereocenters. The number of nitrogens with zero attached hydrogens (tertiary/aromatic N) is 5. The van der Waals surface area contributed by atoms with Gasteiger partial charge >= 0.3 is 0 Å². The van der Waals surface area contributed by atoms with E-state index >= 15 is 0 Å². The summed E-state index contributed by atoms with van der Waals surface area (Å²) >= 11 is 0. The minimum Gasteiger partial charge on any atom is -0.347 e. The second-order valence-corrected chi connectivity index (χ2v) is 6.64. The van der Waals surface area contributed by atoms with Gasteiger partial charge in [-0.15, -0.1) is 5.10 Å². The Hall–Kier alpha value is -3.23. The summed E-state index contributed by atoms with van der Waals surface area (Å²) in [6, 6.07) is 4.97. The third-order valence-corrected chi connectivity index (χ3v) is 4.46. The van der Waals surface area contributed by atoms with Crippen LogP contribution in [0.3, 0.4) is 0 Å². The maximum atomic E-state index is 12.7. The van der Waals surface area contributed by atoms with Crippen LogP contribution < -0.4 is 10.2 Å². The van der Waals surface area contributed by atoms with Crippen LogP contribution in [0.5, 0.6) is 0 Å². The molecule has 0 unspecified atom stereocenters. The van der Waals surface area contributed by atoms with E-state index in [4.69, 9.17) is 0 Å². The number of aromatic nitrogens is 3. The summed E-state index contributed by atoms with van der Waals surface area (Å²) in [4.78, 5) is 40.1. The van der Waals surface area contributed by atoms with Crippen molar-refractivity contribution >= 4 is 23.4 Å². The van der Waals surface area contributed by atoms with Crippen molar-refractivity contribution in [2.45, 2.75) is 26.4 Å². The Morgan fingerprint density at radius 1 is 1.30 bits per heavy atom. The van der Waals surface area contributed by atoms with Gasteiger partial charge in [0.15, 0.2) is 5.69 Å². The lowest BCUT2D eigenvalue weighted by atomic mass is 10.1. The molecule has 0 fully saturated rings. The van der Waals surface area contributed by atoms with Crippen molar-refractivity contribution in [3.05, 3.63) is 41.2 Å². The Bertz CT molecular complexity index is 904. The van der Waals surface area contributed by atoms with E-state index in [0.29, 0.717) is 6.54 Å². The van der Waals surface area contributed by atoms with Crippen LogP contribution in [-0.2, 0) is 16.1 Å². The highest BCUT2D eigenvalue weighted by atomic mass is 16.2. The number of fused-ring (bicyclic) bond motifs is 1. The summed E-state index contributed by atoms with van der Waals surface area (Å²) in [6.07, 6.45) is 1.39. The molecule has 0 saturated heterocycles. The summed E-state index contributed by atoms with van der Waals surface area (Å²) in [7, 11) is 3.27. The zero-order valence-corrected chi connectivity index (χ0v) is 15.8. The van der Waals surface area contributed by atoms with Crippen molar-refractivity contribution in [3.63, 3.8) is 0 Å². The first-order valence-corrected chi connectivity index (χ1v) is 8.65. The van der Waals surface area contributed by atoms with E-state index in [1.54, 1.807) is 19.0 Å². The van der Waals surface area contributed by atoms with E-state index in [1.807, 2.05) is 32.0 Å². The average Bonchev–Trinajstić information content (AvgIpc) is 3.18. The molecule has 0 saturated carbocycles. The standard InChI is InChI=1S/C18H22N6O3/c1-5-24-14-7-6-11(2)8-12(14)16(18(24)27)19-17(26)13-9-23(21-20-13)10-15(25)22(3)4/h6-9,16H,5,10H2,1-4H3,(H,19,26)/t16-/m0/s1. The predicted octanol–water partition coefficient (Wildman–Crippen LogP) is 0.512. The predicted molar refractivity (Wildman–Crippen MR) is 98.1 cm³/mol. The van der Waals surface area contributed by atoms with Crippen LogP contribution in [0.25, 0.3) is 0 Å². The number of hydrogen-bond donors (Lipinski definition) is 1. The van der Waals surface area contributed by atoms with Gasteiger partial charge in [-0.05, 0) is 19.9 Å². The number of nitrogens with one attached hydrogen (secondary N) is 1. The van der Waals surface area contributed by atoms with E-state index < -0.39 is 11.9 Å². The number of anilines is 1. The van der Waals surface area contributed by atoms with Crippen molar-refractivity contribution in [3.8, 4) is 0 Å². The molecule has 27 heavy (non-hydrogen) atoms. The maximum absolute atomic E-state index is 12.7. The molecule has 2 aromatic rings. The van der Waals surface area contributed by atoms with Crippen molar-refractivity contribution in [2.24, 2.45) is 0 Å². The Balaban J connectivity index is 1.79. The maximum Gasteiger partial charge on any atom is 0.274 e. The third-order valence-electron chi connectivity index (χ3n) is 4.46. The first-order chi connectivity index (χ1) is 12.8. The smallest absolute Gasteiger partial charge is 0.274 e. The SMILES string of the molecule is CCN1C(=O)[C@@H](NC(=O)c2cn(CC(=O)N(C)C)nn2)c2cc(C)ccc21. The number of benzene rings is 1. The monoisotopic (exact) mass is 370 g/mol. The number of carbonyl (C=O) groups excluding carboxylic acids is 3. The van der Waals surface area contributed by atoms with Crippen LogP contribution in [0.15, 0.2) is 24.4 Å². The first kappa shape index (κ1) is 18.6. The quantitative estimate of drug-likeness (QED) is 0.827. The molecule has 0 spiro atoms. The highest BCUT2D eigenvalue weighted by Crippen LogP contribution is 2.36. The lowest BCUT2D eigenvalue weighted by Crippen LogP contribution is -2.37. The summed E-state index contributed by atoms with van der Waals surface area (Å²) < 4.78 is 1.30. The zero-order chi connectivity index (χ0) is 19.7. The van der Waals surface area contributed by atoms with Crippen molar-refractivity contribution in [1.29, 1.82) is 0 Å². The minimum absolute atomic E-state index is 0.0126. The molecule has 1 N–H and O–H groups in total. The highest BCUT2D eigenvalue weighted by Gasteiger charge is 2.37. The normalized spacial score (nSPS) is 15.6. The Morgan fingerprint density at radius 3 is 2.70 bits per heavy atom. The molecular weight excluding hydrogens is 348 g/mol. The fourth-order valence-corrected chi connectivity index (χ4v) is 2.99. The summed E-state index contributed by atoms with van der Waals surface area (Å²) in [6.45, 7) is 4.33. The number of amides is 3. The fraction of sp³-hybridized carbons (Fsp3) is 0.389.